The zero-order valence-electron chi connectivity index (χ0n) is 27.5. The fourth-order valence-corrected chi connectivity index (χ4v) is 6.34. The Labute approximate surface area is 292 Å². The molecule has 0 bridgehead atoms. The second kappa shape index (κ2) is 13.8. The summed E-state index contributed by atoms with van der Waals surface area (Å²) in [6.45, 7) is 0. The first-order valence-corrected chi connectivity index (χ1v) is 17.9. The number of ether oxygens (including phenoxy) is 4. The van der Waals surface area contributed by atoms with Crippen molar-refractivity contribution in [2.45, 2.75) is 0 Å². The molecule has 0 amide bonds. The van der Waals surface area contributed by atoms with Crippen molar-refractivity contribution in [3.8, 4) is 68.3 Å². The molecule has 52 heavy (non-hydrogen) atoms. The molecule has 2 aromatic heterocycles. The maximum atomic E-state index is 13.7. The van der Waals surface area contributed by atoms with Gasteiger partial charge < -0.3 is 36.8 Å². The van der Waals surface area contributed by atoms with Crippen molar-refractivity contribution in [3.05, 3.63) is 93.2 Å². The van der Waals surface area contributed by atoms with Crippen LogP contribution in [0.2, 0.25) is 0 Å². The Balaban J connectivity index is 1.64. The van der Waals surface area contributed by atoms with Crippen LogP contribution in [-0.4, -0.2) is 48.0 Å². The van der Waals surface area contributed by atoms with Crippen molar-refractivity contribution in [2.75, 3.05) is 28.4 Å². The van der Waals surface area contributed by atoms with E-state index in [1.165, 1.54) is 46.6 Å². The maximum Gasteiger partial charge on any atom is 0.524 e. The third-order valence-electron chi connectivity index (χ3n) is 7.72. The van der Waals surface area contributed by atoms with Gasteiger partial charge >= 0.3 is 15.6 Å². The van der Waals surface area contributed by atoms with E-state index in [1.807, 2.05) is 0 Å². The summed E-state index contributed by atoms with van der Waals surface area (Å²) in [5.41, 5.74) is -0.687. The van der Waals surface area contributed by atoms with Crippen molar-refractivity contribution in [1.82, 2.24) is 0 Å². The third kappa shape index (κ3) is 7.25. The minimum absolute atomic E-state index is 0.0121. The Morgan fingerprint density at radius 1 is 0.538 bits per heavy atom. The molecule has 0 saturated carbocycles. The monoisotopic (exact) mass is 754 g/mol. The van der Waals surface area contributed by atoms with Gasteiger partial charge in [-0.15, -0.1) is 0 Å². The number of fused-ring (bicyclic) bond motifs is 2. The molecule has 2 heterocycles. The standard InChI is InChI=1S/C34H28O16P2/c1-43-19-8-5-17(6-9-19)25-15-23(36)33-30(50-52(40,41)42)16-27(46-4)31(34(33)48-25)21-11-18(7-10-24(21)45-3)26-14-22(35)32-28(47-26)12-20(44-2)13-29(32)49-51(37,38)39/h5-16H,1-4H3,(H2,37,38,39)(H2,40,41,42). The van der Waals surface area contributed by atoms with Gasteiger partial charge in [0.05, 0.1) is 34.0 Å². The van der Waals surface area contributed by atoms with Gasteiger partial charge in [-0.05, 0) is 42.5 Å². The molecule has 6 aromatic rings. The number of hydrogen-bond donors (Lipinski definition) is 4. The number of phosphoric acid groups is 2. The predicted molar refractivity (Wildman–Crippen MR) is 186 cm³/mol. The van der Waals surface area contributed by atoms with Crippen molar-refractivity contribution in [3.63, 3.8) is 0 Å². The molecule has 4 N–H and O–H groups in total. The lowest BCUT2D eigenvalue weighted by atomic mass is 9.96. The second-order valence-corrected chi connectivity index (χ2v) is 13.2. The lowest BCUT2D eigenvalue weighted by Gasteiger charge is -2.18. The van der Waals surface area contributed by atoms with E-state index in [4.69, 9.17) is 36.8 Å². The lowest BCUT2D eigenvalue weighted by Crippen LogP contribution is -2.06. The molecular formula is C34H28O16P2. The fourth-order valence-electron chi connectivity index (χ4n) is 5.54. The minimum Gasteiger partial charge on any atom is -0.497 e. The van der Waals surface area contributed by atoms with Gasteiger partial charge in [-0.1, -0.05) is 0 Å². The molecule has 4 aromatic carbocycles. The molecule has 0 fully saturated rings. The first-order chi connectivity index (χ1) is 24.6. The zero-order valence-corrected chi connectivity index (χ0v) is 29.3. The van der Waals surface area contributed by atoms with Crippen molar-refractivity contribution in [2.24, 2.45) is 0 Å². The van der Waals surface area contributed by atoms with Crippen molar-refractivity contribution in [1.29, 1.82) is 0 Å². The molecule has 0 aliphatic carbocycles. The Kier molecular flexibility index (Phi) is 9.64. The van der Waals surface area contributed by atoms with E-state index in [1.54, 1.807) is 30.3 Å². The van der Waals surface area contributed by atoms with Crippen LogP contribution < -0.4 is 38.9 Å². The average molecular weight is 755 g/mol. The normalized spacial score (nSPS) is 11.8. The summed E-state index contributed by atoms with van der Waals surface area (Å²) in [6, 6.07) is 17.0. The minimum atomic E-state index is -5.20. The van der Waals surface area contributed by atoms with Crippen molar-refractivity contribution < 1.29 is 65.5 Å². The number of rotatable bonds is 11. The Morgan fingerprint density at radius 2 is 1.10 bits per heavy atom. The number of hydrogen-bond acceptors (Lipinski definition) is 12. The smallest absolute Gasteiger partial charge is 0.497 e. The molecule has 6 rings (SSSR count). The van der Waals surface area contributed by atoms with Crippen LogP contribution in [-0.2, 0) is 9.13 Å². The third-order valence-corrected chi connectivity index (χ3v) is 8.58. The highest BCUT2D eigenvalue weighted by Gasteiger charge is 2.28. The Hall–Kier alpha value is -5.60. The summed E-state index contributed by atoms with van der Waals surface area (Å²) < 4.78 is 67.4. The summed E-state index contributed by atoms with van der Waals surface area (Å²) in [5, 5.41) is -0.589. The first kappa shape index (κ1) is 36.2. The van der Waals surface area contributed by atoms with Gasteiger partial charge in [0.15, 0.2) is 16.4 Å². The Bertz CT molecular complexity index is 2560. The topological polar surface area (TPSA) is 231 Å². The number of methoxy groups -OCH3 is 4. The largest absolute Gasteiger partial charge is 0.524 e. The van der Waals surface area contributed by atoms with Gasteiger partial charge in [0.25, 0.3) is 0 Å². The molecular weight excluding hydrogens is 726 g/mol. The predicted octanol–water partition coefficient (Wildman–Crippen LogP) is 5.88. The first-order valence-electron chi connectivity index (χ1n) is 14.8. The van der Waals surface area contributed by atoms with Crippen LogP contribution in [0, 0.1) is 0 Å². The molecule has 0 radical (unpaired) electrons. The summed E-state index contributed by atoms with van der Waals surface area (Å²) in [5.74, 6) is -0.138. The quantitative estimate of drug-likeness (QED) is 0.113. The van der Waals surface area contributed by atoms with Crippen LogP contribution >= 0.6 is 15.6 Å². The van der Waals surface area contributed by atoms with Crippen LogP contribution in [0.4, 0.5) is 0 Å². The average Bonchev–Trinajstić information content (AvgIpc) is 3.09. The maximum absolute atomic E-state index is 13.7. The van der Waals surface area contributed by atoms with Gasteiger partial charge in [0, 0.05) is 47.0 Å². The van der Waals surface area contributed by atoms with Crippen LogP contribution in [0.1, 0.15) is 0 Å². The molecule has 0 saturated heterocycles. The van der Waals surface area contributed by atoms with Crippen LogP contribution in [0.5, 0.6) is 34.5 Å². The summed E-state index contributed by atoms with van der Waals surface area (Å²) in [4.78, 5) is 65.4. The number of phosphoric ester groups is 2. The van der Waals surface area contributed by atoms with Crippen LogP contribution in [0.15, 0.2) is 91.2 Å². The molecule has 0 aliphatic heterocycles. The summed E-state index contributed by atoms with van der Waals surface area (Å²) in [7, 11) is -4.84. The highest BCUT2D eigenvalue weighted by Crippen LogP contribution is 2.49. The molecule has 16 nitrogen and oxygen atoms in total. The summed E-state index contributed by atoms with van der Waals surface area (Å²) in [6.07, 6.45) is 0. The highest BCUT2D eigenvalue weighted by atomic mass is 31.2. The van der Waals surface area contributed by atoms with E-state index in [-0.39, 0.29) is 67.4 Å². The van der Waals surface area contributed by atoms with E-state index >= 15 is 0 Å². The van der Waals surface area contributed by atoms with Crippen LogP contribution in [0.25, 0.3) is 55.7 Å². The van der Waals surface area contributed by atoms with E-state index < -0.39 is 38.0 Å². The van der Waals surface area contributed by atoms with Gasteiger partial charge in [0.2, 0.25) is 0 Å². The lowest BCUT2D eigenvalue weighted by molar-refractivity contribution is 0.281. The van der Waals surface area contributed by atoms with Gasteiger partial charge in [0.1, 0.15) is 62.4 Å². The van der Waals surface area contributed by atoms with Gasteiger partial charge in [-0.3, -0.25) is 29.2 Å². The van der Waals surface area contributed by atoms with Gasteiger partial charge in [-0.2, -0.15) is 0 Å². The number of benzene rings is 4. The molecule has 0 spiro atoms. The van der Waals surface area contributed by atoms with E-state index in [2.05, 4.69) is 0 Å². The van der Waals surface area contributed by atoms with Gasteiger partial charge in [-0.25, -0.2) is 9.13 Å². The molecule has 0 aliphatic rings. The summed E-state index contributed by atoms with van der Waals surface area (Å²) >= 11 is 0. The fraction of sp³-hybridized carbons (Fsp3) is 0.118. The van der Waals surface area contributed by atoms with E-state index in [0.717, 1.165) is 24.3 Å². The SMILES string of the molecule is COc1ccc(-c2cc(=O)c3c(OP(=O)(O)O)cc(OC)c(-c4cc(-c5cc(=O)c6c(OP(=O)(O)O)cc(OC)cc6o5)ccc4OC)c3o2)cc1. The van der Waals surface area contributed by atoms with Crippen molar-refractivity contribution >= 4 is 37.6 Å². The van der Waals surface area contributed by atoms with Crippen LogP contribution in [0.3, 0.4) is 0 Å². The Morgan fingerprint density at radius 3 is 1.67 bits per heavy atom. The molecule has 18 heteroatoms. The highest BCUT2D eigenvalue weighted by molar-refractivity contribution is 7.47. The zero-order chi connectivity index (χ0) is 37.5. The molecule has 270 valence electrons. The molecule has 0 atom stereocenters. The second-order valence-electron chi connectivity index (χ2n) is 10.9. The van der Waals surface area contributed by atoms with E-state index in [9.17, 15) is 38.3 Å². The van der Waals surface area contributed by atoms with E-state index in [0.29, 0.717) is 11.3 Å². The molecule has 0 unspecified atom stereocenters.